The predicted molar refractivity (Wildman–Crippen MR) is 99.8 cm³/mol. The first kappa shape index (κ1) is 18.9. The number of urea groups is 1. The average molecular weight is 363 g/mol. The van der Waals surface area contributed by atoms with Gasteiger partial charge in [-0.15, -0.1) is 0 Å². The highest BCUT2D eigenvalue weighted by atomic mass is 16.5. The number of piperidine rings is 1. The number of carbonyl (C=O) groups excluding carboxylic acids is 1. The van der Waals surface area contributed by atoms with Crippen LogP contribution in [0.25, 0.3) is 0 Å². The van der Waals surface area contributed by atoms with Crippen LogP contribution in [0, 0.1) is 0 Å². The van der Waals surface area contributed by atoms with Crippen LogP contribution in [0.2, 0.25) is 0 Å². The van der Waals surface area contributed by atoms with Gasteiger partial charge in [-0.2, -0.15) is 0 Å². The molecule has 0 saturated carbocycles. The summed E-state index contributed by atoms with van der Waals surface area (Å²) in [5.41, 5.74) is 0.700. The van der Waals surface area contributed by atoms with E-state index in [1.165, 1.54) is 19.3 Å². The first-order valence-electron chi connectivity index (χ1n) is 9.37. The van der Waals surface area contributed by atoms with Crippen molar-refractivity contribution in [3.8, 4) is 5.75 Å². The van der Waals surface area contributed by atoms with Crippen molar-refractivity contribution < 1.29 is 19.0 Å². The third-order valence-electron chi connectivity index (χ3n) is 4.87. The Morgan fingerprint density at radius 2 is 2.08 bits per heavy atom. The third kappa shape index (κ3) is 5.33. The Morgan fingerprint density at radius 3 is 2.88 bits per heavy atom. The molecule has 0 radical (unpaired) electrons. The van der Waals surface area contributed by atoms with Gasteiger partial charge in [0.25, 0.3) is 0 Å². The first-order chi connectivity index (χ1) is 12.8. The number of hydrogen-bond donors (Lipinski definition) is 2. The zero-order valence-electron chi connectivity index (χ0n) is 15.4. The van der Waals surface area contributed by atoms with E-state index in [4.69, 9.17) is 14.2 Å². The highest BCUT2D eigenvalue weighted by Gasteiger charge is 2.34. The Labute approximate surface area is 155 Å². The third-order valence-corrected chi connectivity index (χ3v) is 4.87. The lowest BCUT2D eigenvalue weighted by Crippen LogP contribution is -2.53. The molecule has 7 nitrogen and oxygen atoms in total. The number of methoxy groups -OCH3 is 1. The maximum atomic E-state index is 12.4. The molecule has 2 fully saturated rings. The topological polar surface area (TPSA) is 72.1 Å². The monoisotopic (exact) mass is 363 g/mol. The summed E-state index contributed by atoms with van der Waals surface area (Å²) in [5.74, 6) is 0.704. The number of ether oxygens (including phenoxy) is 3. The van der Waals surface area contributed by atoms with Crippen molar-refractivity contribution in [2.24, 2.45) is 0 Å². The maximum absolute atomic E-state index is 12.4. The number of hydrogen-bond acceptors (Lipinski definition) is 5. The van der Waals surface area contributed by atoms with Crippen LogP contribution in [0.4, 0.5) is 10.5 Å². The van der Waals surface area contributed by atoms with Gasteiger partial charge in [0.05, 0.1) is 31.9 Å². The fourth-order valence-electron chi connectivity index (χ4n) is 3.53. The summed E-state index contributed by atoms with van der Waals surface area (Å²) in [6.07, 6.45) is 3.75. The van der Waals surface area contributed by atoms with Crippen molar-refractivity contribution in [3.63, 3.8) is 0 Å². The normalized spacial score (nSPS) is 23.6. The number of nitrogens with one attached hydrogen (secondary N) is 2. The number of rotatable bonds is 7. The van der Waals surface area contributed by atoms with E-state index in [9.17, 15) is 4.79 Å². The molecule has 1 aromatic carbocycles. The van der Waals surface area contributed by atoms with Crippen LogP contribution in [-0.4, -0.2) is 69.6 Å². The molecule has 0 aromatic heterocycles. The molecule has 7 heteroatoms. The van der Waals surface area contributed by atoms with Crippen molar-refractivity contribution in [2.45, 2.75) is 31.3 Å². The van der Waals surface area contributed by atoms with Crippen LogP contribution >= 0.6 is 0 Å². The fraction of sp³-hybridized carbons (Fsp3) is 0.632. The van der Waals surface area contributed by atoms with Gasteiger partial charge >= 0.3 is 6.03 Å². The molecule has 144 valence electrons. The number of likely N-dealkylation sites (tertiary alicyclic amines) is 1. The minimum absolute atomic E-state index is 0.0224. The van der Waals surface area contributed by atoms with Crippen LogP contribution in [0.5, 0.6) is 5.75 Å². The molecule has 2 aliphatic rings. The van der Waals surface area contributed by atoms with Crippen LogP contribution in [0.1, 0.15) is 19.3 Å². The van der Waals surface area contributed by atoms with Crippen molar-refractivity contribution in [1.82, 2.24) is 10.2 Å². The molecular formula is C19H29N3O4. The minimum Gasteiger partial charge on any atom is -0.491 e. The Kier molecular flexibility index (Phi) is 7.11. The summed E-state index contributed by atoms with van der Waals surface area (Å²) in [6, 6.07) is 7.44. The first-order valence-corrected chi connectivity index (χ1v) is 9.37. The summed E-state index contributed by atoms with van der Waals surface area (Å²) in [5, 5.41) is 5.96. The van der Waals surface area contributed by atoms with Crippen LogP contribution < -0.4 is 15.4 Å². The molecule has 2 saturated heterocycles. The Balaban J connectivity index is 1.50. The summed E-state index contributed by atoms with van der Waals surface area (Å²) in [6.45, 7) is 4.44. The lowest BCUT2D eigenvalue weighted by molar-refractivity contribution is 0.125. The van der Waals surface area contributed by atoms with Crippen LogP contribution in [0.3, 0.4) is 0 Å². The molecule has 0 unspecified atom stereocenters. The smallest absolute Gasteiger partial charge is 0.319 e. The Hall–Kier alpha value is -1.83. The summed E-state index contributed by atoms with van der Waals surface area (Å²) < 4.78 is 16.2. The average Bonchev–Trinajstić information content (AvgIpc) is 3.11. The molecule has 2 heterocycles. The van der Waals surface area contributed by atoms with Gasteiger partial charge in [0.15, 0.2) is 0 Å². The fourth-order valence-corrected chi connectivity index (χ4v) is 3.53. The second-order valence-electron chi connectivity index (χ2n) is 6.78. The standard InChI is InChI=1S/C19H29N3O4/c1-24-10-11-26-16-7-5-6-15(12-16)20-19(23)21-17-13-25-14-18(17)22-8-3-2-4-9-22/h5-7,12,17-18H,2-4,8-11,13-14H2,1H3,(H2,20,21,23)/t17-,18-/m0/s1. The molecule has 2 aliphatic heterocycles. The van der Waals surface area contributed by atoms with Gasteiger partial charge in [-0.25, -0.2) is 4.79 Å². The lowest BCUT2D eigenvalue weighted by Gasteiger charge is -2.34. The summed E-state index contributed by atoms with van der Waals surface area (Å²) in [7, 11) is 1.63. The van der Waals surface area contributed by atoms with Crippen molar-refractivity contribution in [3.05, 3.63) is 24.3 Å². The van der Waals surface area contributed by atoms with Gasteiger partial charge in [0.1, 0.15) is 12.4 Å². The van der Waals surface area contributed by atoms with Crippen molar-refractivity contribution in [2.75, 3.05) is 51.9 Å². The van der Waals surface area contributed by atoms with E-state index in [1.807, 2.05) is 24.3 Å². The number of amides is 2. The van der Waals surface area contributed by atoms with Gasteiger partial charge in [0, 0.05) is 18.9 Å². The molecule has 2 atom stereocenters. The largest absolute Gasteiger partial charge is 0.491 e. The molecular weight excluding hydrogens is 334 g/mol. The van der Waals surface area contributed by atoms with Crippen molar-refractivity contribution in [1.29, 1.82) is 0 Å². The second-order valence-corrected chi connectivity index (χ2v) is 6.78. The zero-order chi connectivity index (χ0) is 18.2. The van der Waals surface area contributed by atoms with E-state index in [0.29, 0.717) is 37.9 Å². The van der Waals surface area contributed by atoms with Crippen LogP contribution in [0.15, 0.2) is 24.3 Å². The molecule has 0 spiro atoms. The van der Waals surface area contributed by atoms with E-state index in [-0.39, 0.29) is 18.1 Å². The molecule has 0 bridgehead atoms. The Bertz CT molecular complexity index is 578. The van der Waals surface area contributed by atoms with Gasteiger partial charge in [0.2, 0.25) is 0 Å². The predicted octanol–water partition coefficient (Wildman–Crippen LogP) is 2.09. The van der Waals surface area contributed by atoms with E-state index >= 15 is 0 Å². The van der Waals surface area contributed by atoms with Crippen molar-refractivity contribution >= 4 is 11.7 Å². The van der Waals surface area contributed by atoms with Gasteiger partial charge in [-0.05, 0) is 38.1 Å². The van der Waals surface area contributed by atoms with Crippen LogP contribution in [-0.2, 0) is 9.47 Å². The Morgan fingerprint density at radius 1 is 1.23 bits per heavy atom. The molecule has 1 aromatic rings. The van der Waals surface area contributed by atoms with E-state index in [2.05, 4.69) is 15.5 Å². The molecule has 3 rings (SSSR count). The second kappa shape index (κ2) is 9.75. The van der Waals surface area contributed by atoms with Gasteiger partial charge in [-0.1, -0.05) is 12.5 Å². The molecule has 2 amide bonds. The summed E-state index contributed by atoms with van der Waals surface area (Å²) in [4.78, 5) is 14.9. The van der Waals surface area contributed by atoms with Gasteiger partial charge in [-0.3, -0.25) is 4.90 Å². The minimum atomic E-state index is -0.212. The summed E-state index contributed by atoms with van der Waals surface area (Å²) >= 11 is 0. The quantitative estimate of drug-likeness (QED) is 0.726. The highest BCUT2D eigenvalue weighted by Crippen LogP contribution is 2.20. The van der Waals surface area contributed by atoms with E-state index in [1.54, 1.807) is 7.11 Å². The number of benzene rings is 1. The maximum Gasteiger partial charge on any atom is 0.319 e. The molecule has 0 aliphatic carbocycles. The SMILES string of the molecule is COCCOc1cccc(NC(=O)N[C@H]2COC[C@@H]2N2CCCCC2)c1. The van der Waals surface area contributed by atoms with E-state index in [0.717, 1.165) is 13.1 Å². The van der Waals surface area contributed by atoms with E-state index < -0.39 is 0 Å². The molecule has 2 N–H and O–H groups in total. The number of carbonyl (C=O) groups is 1. The number of nitrogens with zero attached hydrogens (tertiary/aromatic N) is 1. The zero-order valence-corrected chi connectivity index (χ0v) is 15.4. The highest BCUT2D eigenvalue weighted by molar-refractivity contribution is 5.89. The van der Waals surface area contributed by atoms with Gasteiger partial charge < -0.3 is 24.8 Å². The number of anilines is 1. The molecule has 26 heavy (non-hydrogen) atoms. The lowest BCUT2D eigenvalue weighted by atomic mass is 10.1.